The molecule has 0 saturated heterocycles. The molecule has 4 nitrogen and oxygen atoms in total. The van der Waals surface area contributed by atoms with Crippen molar-refractivity contribution in [3.8, 4) is 0 Å². The molecule has 0 aliphatic carbocycles. The highest BCUT2D eigenvalue weighted by molar-refractivity contribution is 6.00. The number of esters is 1. The summed E-state index contributed by atoms with van der Waals surface area (Å²) < 4.78 is 18.9. The molecule has 2 aromatic carbocycles. The van der Waals surface area contributed by atoms with Crippen LogP contribution in [0.15, 0.2) is 54.6 Å². The number of halogens is 1. The first-order valence-electron chi connectivity index (χ1n) is 7.22. The molecule has 1 N–H and O–H groups in total. The zero-order chi connectivity index (χ0) is 16.9. The molecule has 1 atom stereocenters. The van der Waals surface area contributed by atoms with Crippen LogP contribution < -0.4 is 0 Å². The summed E-state index contributed by atoms with van der Waals surface area (Å²) in [7, 11) is 0. The number of carbonyl (C=O) groups is 2. The van der Waals surface area contributed by atoms with Crippen LogP contribution in [0.1, 0.15) is 29.3 Å². The second-order valence-electron chi connectivity index (χ2n) is 5.03. The molecule has 0 radical (unpaired) electrons. The van der Waals surface area contributed by atoms with E-state index in [1.807, 2.05) is 0 Å². The lowest BCUT2D eigenvalue weighted by molar-refractivity contribution is -0.166. The SMILES string of the molecule is CCOC(=O)C(O)(CC(=O)c1ccccc1)c1ccccc1F. The maximum Gasteiger partial charge on any atom is 0.343 e. The van der Waals surface area contributed by atoms with Crippen molar-refractivity contribution in [1.82, 2.24) is 0 Å². The van der Waals surface area contributed by atoms with Gasteiger partial charge >= 0.3 is 5.97 Å². The van der Waals surface area contributed by atoms with Crippen LogP contribution in [0.25, 0.3) is 0 Å². The number of rotatable bonds is 6. The van der Waals surface area contributed by atoms with Crippen molar-refractivity contribution in [3.05, 3.63) is 71.5 Å². The van der Waals surface area contributed by atoms with Crippen molar-refractivity contribution >= 4 is 11.8 Å². The second-order valence-corrected chi connectivity index (χ2v) is 5.03. The first-order chi connectivity index (χ1) is 11.0. The average Bonchev–Trinajstić information content (AvgIpc) is 2.56. The summed E-state index contributed by atoms with van der Waals surface area (Å²) in [6, 6.07) is 13.5. The molecule has 5 heteroatoms. The van der Waals surface area contributed by atoms with Crippen LogP contribution in [0.4, 0.5) is 4.39 Å². The third-order valence-corrected chi connectivity index (χ3v) is 3.44. The highest BCUT2D eigenvalue weighted by Gasteiger charge is 2.43. The van der Waals surface area contributed by atoms with Gasteiger partial charge in [0.15, 0.2) is 11.4 Å². The van der Waals surface area contributed by atoms with E-state index in [2.05, 4.69) is 0 Å². The van der Waals surface area contributed by atoms with E-state index >= 15 is 0 Å². The minimum Gasteiger partial charge on any atom is -0.464 e. The maximum atomic E-state index is 14.1. The van der Waals surface area contributed by atoms with Gasteiger partial charge in [0.2, 0.25) is 0 Å². The Kier molecular flexibility index (Phi) is 5.24. The number of benzene rings is 2. The Bertz CT molecular complexity index is 699. The van der Waals surface area contributed by atoms with Gasteiger partial charge < -0.3 is 9.84 Å². The van der Waals surface area contributed by atoms with Gasteiger partial charge in [0.05, 0.1) is 13.0 Å². The van der Waals surface area contributed by atoms with Gasteiger partial charge in [-0.05, 0) is 13.0 Å². The van der Waals surface area contributed by atoms with Crippen LogP contribution in [-0.2, 0) is 15.1 Å². The predicted octanol–water partition coefficient (Wildman–Crippen LogP) is 2.85. The largest absolute Gasteiger partial charge is 0.464 e. The third-order valence-electron chi connectivity index (χ3n) is 3.44. The number of ether oxygens (including phenoxy) is 1. The van der Waals surface area contributed by atoms with Crippen LogP contribution in [0.2, 0.25) is 0 Å². The molecule has 0 aliphatic rings. The van der Waals surface area contributed by atoms with Crippen molar-refractivity contribution < 1.29 is 23.8 Å². The predicted molar refractivity (Wildman–Crippen MR) is 82.3 cm³/mol. The molecule has 0 heterocycles. The van der Waals surface area contributed by atoms with Crippen molar-refractivity contribution in [2.45, 2.75) is 18.9 Å². The Balaban J connectivity index is 2.41. The second kappa shape index (κ2) is 7.15. The minimum atomic E-state index is -2.37. The molecule has 23 heavy (non-hydrogen) atoms. The molecule has 0 saturated carbocycles. The third kappa shape index (κ3) is 3.63. The fourth-order valence-electron chi connectivity index (χ4n) is 2.28. The molecule has 0 spiro atoms. The van der Waals surface area contributed by atoms with Gasteiger partial charge in [-0.1, -0.05) is 48.5 Å². The first kappa shape index (κ1) is 16.8. The molecular formula is C18H17FO4. The van der Waals surface area contributed by atoms with Crippen LogP contribution in [0, 0.1) is 5.82 Å². The number of carbonyl (C=O) groups excluding carboxylic acids is 2. The Hall–Kier alpha value is -2.53. The van der Waals surface area contributed by atoms with Gasteiger partial charge in [-0.2, -0.15) is 0 Å². The summed E-state index contributed by atoms with van der Waals surface area (Å²) in [5.41, 5.74) is -2.32. The van der Waals surface area contributed by atoms with E-state index in [0.29, 0.717) is 5.56 Å². The molecule has 2 aromatic rings. The number of hydrogen-bond donors (Lipinski definition) is 1. The number of hydrogen-bond acceptors (Lipinski definition) is 4. The fourth-order valence-corrected chi connectivity index (χ4v) is 2.28. The van der Waals surface area contributed by atoms with Crippen molar-refractivity contribution in [2.75, 3.05) is 6.61 Å². The van der Waals surface area contributed by atoms with E-state index in [1.165, 1.54) is 18.2 Å². The molecule has 120 valence electrons. The molecule has 0 amide bonds. The van der Waals surface area contributed by atoms with Crippen LogP contribution in [-0.4, -0.2) is 23.5 Å². The number of Topliss-reactive ketones (excluding diaryl/α,β-unsaturated/α-hetero) is 1. The number of aliphatic hydroxyl groups is 1. The quantitative estimate of drug-likeness (QED) is 0.657. The molecule has 0 aromatic heterocycles. The van der Waals surface area contributed by atoms with Gasteiger partial charge in [0, 0.05) is 11.1 Å². The van der Waals surface area contributed by atoms with Gasteiger partial charge in [0.25, 0.3) is 0 Å². The summed E-state index contributed by atoms with van der Waals surface area (Å²) in [6.45, 7) is 1.58. The molecule has 0 aliphatic heterocycles. The summed E-state index contributed by atoms with van der Waals surface area (Å²) in [4.78, 5) is 24.6. The van der Waals surface area contributed by atoms with Crippen LogP contribution in [0.5, 0.6) is 0 Å². The van der Waals surface area contributed by atoms with E-state index < -0.39 is 29.6 Å². The minimum absolute atomic E-state index is 0.00905. The molecular weight excluding hydrogens is 299 g/mol. The molecule has 2 rings (SSSR count). The van der Waals surface area contributed by atoms with Crippen LogP contribution >= 0.6 is 0 Å². The van der Waals surface area contributed by atoms with E-state index in [4.69, 9.17) is 4.74 Å². The summed E-state index contributed by atoms with van der Waals surface area (Å²) in [5.74, 6) is -2.30. The Morgan fingerprint density at radius 1 is 1.09 bits per heavy atom. The Morgan fingerprint density at radius 2 is 1.70 bits per heavy atom. The Morgan fingerprint density at radius 3 is 2.30 bits per heavy atom. The first-order valence-corrected chi connectivity index (χ1v) is 7.22. The molecule has 1 unspecified atom stereocenters. The van der Waals surface area contributed by atoms with Crippen LogP contribution in [0.3, 0.4) is 0 Å². The van der Waals surface area contributed by atoms with Crippen molar-refractivity contribution in [2.24, 2.45) is 0 Å². The van der Waals surface area contributed by atoms with Gasteiger partial charge in [0.1, 0.15) is 5.82 Å². The van der Waals surface area contributed by atoms with Crippen molar-refractivity contribution in [1.29, 1.82) is 0 Å². The summed E-state index contributed by atoms with van der Waals surface area (Å²) in [5, 5.41) is 10.8. The molecule has 0 fully saturated rings. The van der Waals surface area contributed by atoms with Gasteiger partial charge in [-0.25, -0.2) is 9.18 Å². The molecule has 0 bridgehead atoms. The average molecular weight is 316 g/mol. The fraction of sp³-hybridized carbons (Fsp3) is 0.222. The van der Waals surface area contributed by atoms with E-state index in [1.54, 1.807) is 37.3 Å². The van der Waals surface area contributed by atoms with Gasteiger partial charge in [-0.3, -0.25) is 4.79 Å². The smallest absolute Gasteiger partial charge is 0.343 e. The standard InChI is InChI=1S/C18H17FO4/c1-2-23-17(21)18(22,14-10-6-7-11-15(14)19)12-16(20)13-8-4-3-5-9-13/h3-11,22H,2,12H2,1H3. The maximum absolute atomic E-state index is 14.1. The van der Waals surface area contributed by atoms with Crippen molar-refractivity contribution in [3.63, 3.8) is 0 Å². The normalized spacial score (nSPS) is 13.2. The lowest BCUT2D eigenvalue weighted by atomic mass is 9.86. The van der Waals surface area contributed by atoms with Gasteiger partial charge in [-0.15, -0.1) is 0 Å². The zero-order valence-electron chi connectivity index (χ0n) is 12.7. The Labute approximate surface area is 133 Å². The zero-order valence-corrected chi connectivity index (χ0v) is 12.7. The lowest BCUT2D eigenvalue weighted by Gasteiger charge is -2.26. The highest BCUT2D eigenvalue weighted by Crippen LogP contribution is 2.30. The summed E-state index contributed by atoms with van der Waals surface area (Å²) >= 11 is 0. The number of ketones is 1. The monoisotopic (exact) mass is 316 g/mol. The highest BCUT2D eigenvalue weighted by atomic mass is 19.1. The topological polar surface area (TPSA) is 63.6 Å². The lowest BCUT2D eigenvalue weighted by Crippen LogP contribution is -2.40. The van der Waals surface area contributed by atoms with E-state index in [-0.39, 0.29) is 12.2 Å². The summed E-state index contributed by atoms with van der Waals surface area (Å²) in [6.07, 6.45) is -0.600. The van der Waals surface area contributed by atoms with E-state index in [0.717, 1.165) is 6.07 Å². The van der Waals surface area contributed by atoms with E-state index in [9.17, 15) is 19.1 Å².